The molecule has 0 aliphatic heterocycles. The number of hydrogen-bond donors (Lipinski definition) is 2. The van der Waals surface area contributed by atoms with Crippen LogP contribution in [-0.4, -0.2) is 15.5 Å². The van der Waals surface area contributed by atoms with E-state index in [9.17, 15) is 9.59 Å². The molecule has 6 heteroatoms. The van der Waals surface area contributed by atoms with E-state index in [2.05, 4.69) is 4.98 Å². The van der Waals surface area contributed by atoms with Gasteiger partial charge in [0, 0.05) is 11.3 Å². The van der Waals surface area contributed by atoms with Crippen molar-refractivity contribution < 1.29 is 4.79 Å². The molecule has 1 amide bonds. The van der Waals surface area contributed by atoms with E-state index in [0.29, 0.717) is 4.64 Å². The molecule has 1 aliphatic carbocycles. The third-order valence-electron chi connectivity index (χ3n) is 2.99. The van der Waals surface area contributed by atoms with Gasteiger partial charge in [0.2, 0.25) is 5.91 Å². The summed E-state index contributed by atoms with van der Waals surface area (Å²) in [4.78, 5) is 25.5. The van der Waals surface area contributed by atoms with Crippen LogP contribution >= 0.6 is 12.2 Å². The fourth-order valence-corrected chi connectivity index (χ4v) is 2.44. The van der Waals surface area contributed by atoms with Crippen LogP contribution in [0.3, 0.4) is 0 Å². The molecule has 0 bridgehead atoms. The molecule has 3 N–H and O–H groups in total. The van der Waals surface area contributed by atoms with Crippen LogP contribution in [0.25, 0.3) is 0 Å². The van der Waals surface area contributed by atoms with E-state index in [4.69, 9.17) is 18.0 Å². The lowest BCUT2D eigenvalue weighted by molar-refractivity contribution is -0.120. The van der Waals surface area contributed by atoms with Crippen molar-refractivity contribution in [1.82, 2.24) is 9.55 Å². The second-order valence-corrected chi connectivity index (χ2v) is 4.39. The molecule has 0 saturated heterocycles. The van der Waals surface area contributed by atoms with Crippen molar-refractivity contribution >= 4 is 18.1 Å². The maximum Gasteiger partial charge on any atom is 0.327 e. The molecule has 1 aromatic rings. The molecular weight excluding hydrogens is 226 g/mol. The summed E-state index contributed by atoms with van der Waals surface area (Å²) in [5, 5.41) is 0. The zero-order valence-corrected chi connectivity index (χ0v) is 9.76. The number of fused-ring (bicyclic) bond motifs is 1. The summed E-state index contributed by atoms with van der Waals surface area (Å²) in [6.45, 7) is 1.62. The first kappa shape index (κ1) is 11.1. The summed E-state index contributed by atoms with van der Waals surface area (Å²) in [6.07, 6.45) is 2.60. The molecule has 5 nitrogen and oxygen atoms in total. The van der Waals surface area contributed by atoms with Gasteiger partial charge >= 0.3 is 5.69 Å². The van der Waals surface area contributed by atoms with Crippen LogP contribution in [0.5, 0.6) is 0 Å². The van der Waals surface area contributed by atoms with Crippen LogP contribution in [0.1, 0.15) is 30.6 Å². The van der Waals surface area contributed by atoms with Crippen LogP contribution in [0, 0.1) is 4.64 Å². The normalized spacial score (nSPS) is 15.8. The fraction of sp³-hybridized carbons (Fsp3) is 0.500. The van der Waals surface area contributed by atoms with Gasteiger partial charge in [0.1, 0.15) is 10.7 Å². The largest absolute Gasteiger partial charge is 0.368 e. The summed E-state index contributed by atoms with van der Waals surface area (Å²) in [5.74, 6) is -0.512. The number of aromatic nitrogens is 2. The number of hydrogen-bond acceptors (Lipinski definition) is 3. The minimum Gasteiger partial charge on any atom is -0.368 e. The standard InChI is InChI=1S/C10H13N3O2S/c1-5(8(11)14)13-7-4-2-3-6(7)9(16)12-10(13)15/h5H,2-4H2,1H3,(H2,11,14)(H,12,15,16)/t5-/m0/s1. The molecule has 0 saturated carbocycles. The Hall–Kier alpha value is -1.43. The Morgan fingerprint density at radius 2 is 2.25 bits per heavy atom. The highest BCUT2D eigenvalue weighted by atomic mass is 32.1. The highest BCUT2D eigenvalue weighted by Crippen LogP contribution is 2.22. The van der Waals surface area contributed by atoms with Gasteiger partial charge in [0.05, 0.1) is 0 Å². The topological polar surface area (TPSA) is 80.9 Å². The van der Waals surface area contributed by atoms with E-state index in [0.717, 1.165) is 30.5 Å². The smallest absolute Gasteiger partial charge is 0.327 e. The second-order valence-electron chi connectivity index (χ2n) is 3.99. The van der Waals surface area contributed by atoms with E-state index in [1.807, 2.05) is 0 Å². The molecule has 2 rings (SSSR count). The number of aromatic amines is 1. The van der Waals surface area contributed by atoms with Crippen LogP contribution in [0.4, 0.5) is 0 Å². The molecule has 0 aromatic carbocycles. The first-order valence-electron chi connectivity index (χ1n) is 5.18. The summed E-state index contributed by atoms with van der Waals surface area (Å²) < 4.78 is 1.92. The van der Waals surface area contributed by atoms with Crippen molar-refractivity contribution in [2.75, 3.05) is 0 Å². The van der Waals surface area contributed by atoms with Gasteiger partial charge in [0.15, 0.2) is 0 Å². The minimum atomic E-state index is -0.633. The molecule has 1 aliphatic rings. The number of H-pyrrole nitrogens is 1. The first-order chi connectivity index (χ1) is 7.52. The number of rotatable bonds is 2. The summed E-state index contributed by atoms with van der Waals surface area (Å²) in [7, 11) is 0. The maximum absolute atomic E-state index is 11.8. The predicted octanol–water partition coefficient (Wildman–Crippen LogP) is 0.441. The number of nitrogens with two attached hydrogens (primary N) is 1. The Balaban J connectivity index is 2.71. The van der Waals surface area contributed by atoms with Crippen LogP contribution in [0.15, 0.2) is 4.79 Å². The SMILES string of the molecule is C[C@@H](C(N)=O)n1c2c(c(=S)[nH]c1=O)CCC2. The number of primary amides is 1. The van der Waals surface area contributed by atoms with E-state index in [1.54, 1.807) is 6.92 Å². The monoisotopic (exact) mass is 239 g/mol. The zero-order chi connectivity index (χ0) is 11.9. The Bertz CT molecular complexity index is 558. The van der Waals surface area contributed by atoms with Gasteiger partial charge in [-0.1, -0.05) is 12.2 Å². The Kier molecular flexibility index (Phi) is 2.67. The van der Waals surface area contributed by atoms with Gasteiger partial charge in [-0.05, 0) is 26.2 Å². The molecule has 1 heterocycles. The fourth-order valence-electron chi connectivity index (χ4n) is 2.13. The van der Waals surface area contributed by atoms with Crippen LogP contribution in [-0.2, 0) is 17.6 Å². The Morgan fingerprint density at radius 1 is 1.56 bits per heavy atom. The average molecular weight is 239 g/mol. The molecule has 16 heavy (non-hydrogen) atoms. The molecule has 0 radical (unpaired) electrons. The van der Waals surface area contributed by atoms with Crippen molar-refractivity contribution in [3.63, 3.8) is 0 Å². The van der Waals surface area contributed by atoms with Crippen LogP contribution in [0.2, 0.25) is 0 Å². The predicted molar refractivity (Wildman–Crippen MR) is 61.8 cm³/mol. The third-order valence-corrected chi connectivity index (χ3v) is 3.34. The zero-order valence-electron chi connectivity index (χ0n) is 8.95. The van der Waals surface area contributed by atoms with Gasteiger partial charge in [-0.25, -0.2) is 4.79 Å². The Morgan fingerprint density at radius 3 is 2.88 bits per heavy atom. The van der Waals surface area contributed by atoms with Crippen LogP contribution < -0.4 is 11.4 Å². The molecule has 1 atom stereocenters. The maximum atomic E-state index is 11.8. The lowest BCUT2D eigenvalue weighted by Gasteiger charge is -2.16. The molecule has 0 spiro atoms. The number of nitrogens with zero attached hydrogens (tertiary/aromatic N) is 1. The van der Waals surface area contributed by atoms with Crippen molar-refractivity contribution in [2.24, 2.45) is 5.73 Å². The number of carbonyl (C=O) groups is 1. The highest BCUT2D eigenvalue weighted by Gasteiger charge is 2.23. The first-order valence-corrected chi connectivity index (χ1v) is 5.59. The lowest BCUT2D eigenvalue weighted by Crippen LogP contribution is -2.35. The van der Waals surface area contributed by atoms with Gasteiger partial charge in [-0.2, -0.15) is 0 Å². The highest BCUT2D eigenvalue weighted by molar-refractivity contribution is 7.71. The van der Waals surface area contributed by atoms with Crippen molar-refractivity contribution in [2.45, 2.75) is 32.2 Å². The molecule has 0 unspecified atom stereocenters. The summed E-state index contributed by atoms with van der Waals surface area (Å²) in [6, 6.07) is -0.633. The van der Waals surface area contributed by atoms with Crippen molar-refractivity contribution in [1.29, 1.82) is 0 Å². The Labute approximate surface area is 97.3 Å². The molecular formula is C10H13N3O2S. The summed E-state index contributed by atoms with van der Waals surface area (Å²) in [5.41, 5.74) is 6.72. The summed E-state index contributed by atoms with van der Waals surface area (Å²) >= 11 is 5.09. The minimum absolute atomic E-state index is 0.350. The molecule has 86 valence electrons. The molecule has 0 fully saturated rings. The molecule has 1 aromatic heterocycles. The number of carbonyl (C=O) groups excluding carboxylic acids is 1. The number of nitrogens with one attached hydrogen (secondary N) is 1. The van der Waals surface area contributed by atoms with E-state index in [1.165, 1.54) is 4.57 Å². The lowest BCUT2D eigenvalue weighted by atomic mass is 10.2. The van der Waals surface area contributed by atoms with Crippen molar-refractivity contribution in [3.8, 4) is 0 Å². The van der Waals surface area contributed by atoms with Gasteiger partial charge < -0.3 is 5.73 Å². The van der Waals surface area contributed by atoms with E-state index < -0.39 is 11.9 Å². The quantitative estimate of drug-likeness (QED) is 0.735. The second kappa shape index (κ2) is 3.86. The van der Waals surface area contributed by atoms with E-state index >= 15 is 0 Å². The van der Waals surface area contributed by atoms with Gasteiger partial charge in [-0.15, -0.1) is 0 Å². The van der Waals surface area contributed by atoms with E-state index in [-0.39, 0.29) is 5.69 Å². The number of amides is 1. The van der Waals surface area contributed by atoms with Gasteiger partial charge in [-0.3, -0.25) is 14.3 Å². The average Bonchev–Trinajstić information content (AvgIpc) is 2.66. The third kappa shape index (κ3) is 1.59. The van der Waals surface area contributed by atoms with Crippen molar-refractivity contribution in [3.05, 3.63) is 26.4 Å². The van der Waals surface area contributed by atoms with Gasteiger partial charge in [0.25, 0.3) is 0 Å².